The van der Waals surface area contributed by atoms with Gasteiger partial charge in [-0.2, -0.15) is 0 Å². The molecule has 0 spiro atoms. The van der Waals surface area contributed by atoms with E-state index in [2.05, 4.69) is 48.0 Å². The van der Waals surface area contributed by atoms with Gasteiger partial charge in [0.2, 0.25) is 0 Å². The van der Waals surface area contributed by atoms with E-state index in [-0.39, 0.29) is 0 Å². The van der Waals surface area contributed by atoms with Crippen molar-refractivity contribution in [2.24, 2.45) is 10.7 Å². The molecule has 1 unspecified atom stereocenters. The van der Waals surface area contributed by atoms with Crippen molar-refractivity contribution in [2.75, 3.05) is 11.4 Å². The van der Waals surface area contributed by atoms with Crippen LogP contribution in [0.1, 0.15) is 37.3 Å². The van der Waals surface area contributed by atoms with Gasteiger partial charge in [0, 0.05) is 18.3 Å². The van der Waals surface area contributed by atoms with E-state index in [0.29, 0.717) is 11.9 Å². The molecule has 3 nitrogen and oxygen atoms in total. The molecule has 0 radical (unpaired) electrons. The van der Waals surface area contributed by atoms with Gasteiger partial charge in [0.15, 0.2) is 0 Å². The standard InChI is InChI=1S/C22H27N3/c1-17-6-11-20(12-7-17)24-22(23)15-10-19-8-13-21(14-9-19)25-16-4-3-5-18(25)2/h6-15,18H,3-5,16H2,1-2H3,(H2,23,24)/b15-10+. The third kappa shape index (κ3) is 4.72. The van der Waals surface area contributed by atoms with Gasteiger partial charge in [-0.05, 0) is 69.0 Å². The van der Waals surface area contributed by atoms with Crippen molar-refractivity contribution in [3.63, 3.8) is 0 Å². The van der Waals surface area contributed by atoms with E-state index in [4.69, 9.17) is 5.73 Å². The molecule has 130 valence electrons. The Labute approximate surface area is 150 Å². The SMILES string of the molecule is Cc1ccc(N=C(N)/C=C/c2ccc(N3CCCCC3C)cc2)cc1. The molecule has 1 atom stereocenters. The lowest BCUT2D eigenvalue weighted by Crippen LogP contribution is -2.37. The first-order valence-corrected chi connectivity index (χ1v) is 9.07. The predicted molar refractivity (Wildman–Crippen MR) is 109 cm³/mol. The summed E-state index contributed by atoms with van der Waals surface area (Å²) in [6.07, 6.45) is 7.79. The third-order valence-electron chi connectivity index (χ3n) is 4.77. The summed E-state index contributed by atoms with van der Waals surface area (Å²) in [4.78, 5) is 6.92. The number of amidine groups is 1. The number of hydrogen-bond acceptors (Lipinski definition) is 2. The van der Waals surface area contributed by atoms with Crippen LogP contribution in [-0.4, -0.2) is 18.4 Å². The Hall–Kier alpha value is -2.55. The summed E-state index contributed by atoms with van der Waals surface area (Å²) in [5.74, 6) is 0.512. The van der Waals surface area contributed by atoms with Crippen molar-refractivity contribution in [3.8, 4) is 0 Å². The normalized spacial score (nSPS) is 18.7. The van der Waals surface area contributed by atoms with Crippen molar-refractivity contribution in [3.05, 3.63) is 65.7 Å². The largest absolute Gasteiger partial charge is 0.384 e. The highest BCUT2D eigenvalue weighted by molar-refractivity contribution is 5.96. The molecule has 3 rings (SSSR count). The lowest BCUT2D eigenvalue weighted by molar-refractivity contribution is 0.485. The van der Waals surface area contributed by atoms with E-state index >= 15 is 0 Å². The number of rotatable bonds is 4. The molecule has 1 aliphatic rings. The van der Waals surface area contributed by atoms with Gasteiger partial charge in [-0.25, -0.2) is 4.99 Å². The number of piperidine rings is 1. The van der Waals surface area contributed by atoms with Crippen molar-refractivity contribution >= 4 is 23.3 Å². The lowest BCUT2D eigenvalue weighted by Gasteiger charge is -2.35. The Morgan fingerprint density at radius 3 is 2.48 bits per heavy atom. The zero-order valence-corrected chi connectivity index (χ0v) is 15.2. The van der Waals surface area contributed by atoms with Gasteiger partial charge in [-0.15, -0.1) is 0 Å². The minimum atomic E-state index is 0.512. The Bertz CT molecular complexity index is 742. The molecule has 0 amide bonds. The van der Waals surface area contributed by atoms with Crippen LogP contribution in [0, 0.1) is 6.92 Å². The van der Waals surface area contributed by atoms with Crippen molar-refractivity contribution in [1.82, 2.24) is 0 Å². The monoisotopic (exact) mass is 333 g/mol. The summed E-state index contributed by atoms with van der Waals surface area (Å²) < 4.78 is 0. The quantitative estimate of drug-likeness (QED) is 0.626. The Kier molecular flexibility index (Phi) is 5.54. The molecule has 0 aliphatic carbocycles. The molecule has 3 heteroatoms. The second-order valence-corrected chi connectivity index (χ2v) is 6.84. The van der Waals surface area contributed by atoms with E-state index in [1.807, 2.05) is 36.4 Å². The van der Waals surface area contributed by atoms with Gasteiger partial charge in [0.05, 0.1) is 5.69 Å². The van der Waals surface area contributed by atoms with Crippen LogP contribution >= 0.6 is 0 Å². The first-order chi connectivity index (χ1) is 12.1. The van der Waals surface area contributed by atoms with Gasteiger partial charge in [-0.3, -0.25) is 0 Å². The maximum Gasteiger partial charge on any atom is 0.124 e. The Morgan fingerprint density at radius 1 is 1.08 bits per heavy atom. The number of hydrogen-bond donors (Lipinski definition) is 1. The number of benzene rings is 2. The second-order valence-electron chi connectivity index (χ2n) is 6.84. The van der Waals surface area contributed by atoms with Crippen LogP contribution in [0.15, 0.2) is 59.6 Å². The Morgan fingerprint density at radius 2 is 1.80 bits per heavy atom. The molecule has 1 aliphatic heterocycles. The van der Waals surface area contributed by atoms with E-state index in [1.54, 1.807) is 0 Å². The summed E-state index contributed by atoms with van der Waals surface area (Å²) in [5.41, 5.74) is 10.6. The van der Waals surface area contributed by atoms with E-state index < -0.39 is 0 Å². The van der Waals surface area contributed by atoms with Crippen molar-refractivity contribution in [1.29, 1.82) is 0 Å². The molecule has 1 saturated heterocycles. The number of anilines is 1. The fourth-order valence-corrected chi connectivity index (χ4v) is 3.25. The topological polar surface area (TPSA) is 41.6 Å². The minimum Gasteiger partial charge on any atom is -0.384 e. The number of aryl methyl sites for hydroxylation is 1. The van der Waals surface area contributed by atoms with Gasteiger partial charge >= 0.3 is 0 Å². The first kappa shape index (κ1) is 17.3. The van der Waals surface area contributed by atoms with Crippen LogP contribution in [0.5, 0.6) is 0 Å². The lowest BCUT2D eigenvalue weighted by atomic mass is 10.0. The molecule has 25 heavy (non-hydrogen) atoms. The summed E-state index contributed by atoms with van der Waals surface area (Å²) in [5, 5.41) is 0. The molecule has 0 saturated carbocycles. The zero-order valence-electron chi connectivity index (χ0n) is 15.2. The molecular formula is C22H27N3. The first-order valence-electron chi connectivity index (χ1n) is 9.07. The average Bonchev–Trinajstić information content (AvgIpc) is 2.63. The fraction of sp³-hybridized carbons (Fsp3) is 0.318. The van der Waals surface area contributed by atoms with E-state index in [1.165, 1.54) is 30.5 Å². The van der Waals surface area contributed by atoms with Crippen molar-refractivity contribution in [2.45, 2.75) is 39.2 Å². The number of nitrogens with two attached hydrogens (primary N) is 1. The Balaban J connectivity index is 1.66. The van der Waals surface area contributed by atoms with E-state index in [0.717, 1.165) is 17.8 Å². The van der Waals surface area contributed by atoms with Gasteiger partial charge in [-0.1, -0.05) is 35.9 Å². The number of aliphatic imine (C=N–C) groups is 1. The maximum absolute atomic E-state index is 6.01. The maximum atomic E-state index is 6.01. The van der Waals surface area contributed by atoms with Crippen LogP contribution in [0.2, 0.25) is 0 Å². The van der Waals surface area contributed by atoms with Crippen LogP contribution in [0.25, 0.3) is 6.08 Å². The van der Waals surface area contributed by atoms with Gasteiger partial charge in [0.1, 0.15) is 5.84 Å². The molecule has 0 bridgehead atoms. The fourth-order valence-electron chi connectivity index (χ4n) is 3.25. The van der Waals surface area contributed by atoms with Crippen LogP contribution in [-0.2, 0) is 0 Å². The number of nitrogens with zero attached hydrogens (tertiary/aromatic N) is 2. The average molecular weight is 333 g/mol. The van der Waals surface area contributed by atoms with E-state index in [9.17, 15) is 0 Å². The molecule has 0 aromatic heterocycles. The molecule has 2 aromatic rings. The van der Waals surface area contributed by atoms with Crippen LogP contribution in [0.4, 0.5) is 11.4 Å². The van der Waals surface area contributed by atoms with Gasteiger partial charge in [0.25, 0.3) is 0 Å². The predicted octanol–water partition coefficient (Wildman–Crippen LogP) is 5.08. The zero-order chi connectivity index (χ0) is 17.6. The third-order valence-corrected chi connectivity index (χ3v) is 4.77. The molecular weight excluding hydrogens is 306 g/mol. The highest BCUT2D eigenvalue weighted by atomic mass is 15.2. The summed E-state index contributed by atoms with van der Waals surface area (Å²) in [6.45, 7) is 5.53. The highest BCUT2D eigenvalue weighted by Crippen LogP contribution is 2.25. The summed E-state index contributed by atoms with van der Waals surface area (Å²) >= 11 is 0. The highest BCUT2D eigenvalue weighted by Gasteiger charge is 2.17. The summed E-state index contributed by atoms with van der Waals surface area (Å²) in [6, 6.07) is 17.4. The molecule has 2 aromatic carbocycles. The van der Waals surface area contributed by atoms with Gasteiger partial charge < -0.3 is 10.6 Å². The second kappa shape index (κ2) is 8.02. The van der Waals surface area contributed by atoms with Crippen LogP contribution < -0.4 is 10.6 Å². The smallest absolute Gasteiger partial charge is 0.124 e. The van der Waals surface area contributed by atoms with Crippen molar-refractivity contribution < 1.29 is 0 Å². The molecule has 1 heterocycles. The molecule has 2 N–H and O–H groups in total. The molecule has 1 fully saturated rings. The van der Waals surface area contributed by atoms with Crippen LogP contribution in [0.3, 0.4) is 0 Å². The minimum absolute atomic E-state index is 0.512. The summed E-state index contributed by atoms with van der Waals surface area (Å²) in [7, 11) is 0.